The number of aliphatic hydroxyl groups excluding tert-OH is 1. The SMILES string of the molecule is CCOC(=O)/C(O)=C/[P+](c1ccccc1)(c1ccccc1)c1ccccc1. The van der Waals surface area contributed by atoms with Crippen molar-refractivity contribution in [3.8, 4) is 0 Å². The smallest absolute Gasteiger partial charge is 0.376 e. The van der Waals surface area contributed by atoms with Crippen molar-refractivity contribution in [2.24, 2.45) is 0 Å². The highest BCUT2D eigenvalue weighted by Crippen LogP contribution is 2.57. The van der Waals surface area contributed by atoms with Gasteiger partial charge in [-0.2, -0.15) is 0 Å². The van der Waals surface area contributed by atoms with Crippen LogP contribution in [-0.2, 0) is 9.53 Å². The van der Waals surface area contributed by atoms with Gasteiger partial charge in [-0.15, -0.1) is 0 Å². The zero-order chi connectivity index (χ0) is 19.1. The topological polar surface area (TPSA) is 46.5 Å². The first-order chi connectivity index (χ1) is 13.2. The summed E-state index contributed by atoms with van der Waals surface area (Å²) in [6, 6.07) is 30.0. The van der Waals surface area contributed by atoms with Crippen molar-refractivity contribution in [2.45, 2.75) is 6.92 Å². The monoisotopic (exact) mass is 377 g/mol. The molecule has 0 radical (unpaired) electrons. The summed E-state index contributed by atoms with van der Waals surface area (Å²) < 4.78 is 5.02. The van der Waals surface area contributed by atoms with Gasteiger partial charge < -0.3 is 9.84 Å². The molecule has 0 unspecified atom stereocenters. The van der Waals surface area contributed by atoms with Crippen LogP contribution in [0.1, 0.15) is 6.92 Å². The third-order valence-corrected chi connectivity index (χ3v) is 8.26. The Bertz CT molecular complexity index is 809. The molecule has 3 aromatic rings. The Kier molecular flexibility index (Phi) is 6.05. The quantitative estimate of drug-likeness (QED) is 0.306. The van der Waals surface area contributed by atoms with Gasteiger partial charge in [0.25, 0.3) is 0 Å². The van der Waals surface area contributed by atoms with Crippen LogP contribution in [0.5, 0.6) is 0 Å². The molecule has 0 heterocycles. The summed E-state index contributed by atoms with van der Waals surface area (Å²) in [5.41, 5.74) is 0. The molecule has 0 atom stereocenters. The van der Waals surface area contributed by atoms with Crippen LogP contribution in [0.2, 0.25) is 0 Å². The van der Waals surface area contributed by atoms with Gasteiger partial charge in [0, 0.05) is 0 Å². The minimum absolute atomic E-state index is 0.212. The molecular weight excluding hydrogens is 355 g/mol. The number of carbonyl (C=O) groups excluding carboxylic acids is 1. The molecule has 0 saturated heterocycles. The fraction of sp³-hybridized carbons (Fsp3) is 0.0870. The lowest BCUT2D eigenvalue weighted by molar-refractivity contribution is -0.141. The van der Waals surface area contributed by atoms with Gasteiger partial charge in [-0.3, -0.25) is 0 Å². The zero-order valence-electron chi connectivity index (χ0n) is 15.2. The van der Waals surface area contributed by atoms with Gasteiger partial charge in [0.2, 0.25) is 5.76 Å². The maximum atomic E-state index is 12.2. The second-order valence-electron chi connectivity index (χ2n) is 5.96. The first-order valence-electron chi connectivity index (χ1n) is 8.83. The molecule has 136 valence electrons. The lowest BCUT2D eigenvalue weighted by atomic mass is 10.4. The normalized spacial score (nSPS) is 11.8. The minimum Gasteiger partial charge on any atom is -0.499 e. The molecule has 0 spiro atoms. The van der Waals surface area contributed by atoms with Gasteiger partial charge in [0.1, 0.15) is 29.0 Å². The number of ether oxygens (including phenoxy) is 1. The second kappa shape index (κ2) is 8.66. The van der Waals surface area contributed by atoms with Crippen molar-refractivity contribution in [2.75, 3.05) is 6.61 Å². The first-order valence-corrected chi connectivity index (χ1v) is 10.7. The maximum absolute atomic E-state index is 12.2. The zero-order valence-corrected chi connectivity index (χ0v) is 16.1. The van der Waals surface area contributed by atoms with E-state index >= 15 is 0 Å². The molecule has 27 heavy (non-hydrogen) atoms. The molecule has 3 aromatic carbocycles. The summed E-state index contributed by atoms with van der Waals surface area (Å²) in [5, 5.41) is 13.7. The molecule has 3 rings (SSSR count). The molecule has 0 aliphatic heterocycles. The average molecular weight is 377 g/mol. The highest BCUT2D eigenvalue weighted by molar-refractivity contribution is 7.98. The van der Waals surface area contributed by atoms with Crippen molar-refractivity contribution >= 4 is 29.1 Å². The van der Waals surface area contributed by atoms with Gasteiger partial charge in [-0.25, -0.2) is 4.79 Å². The van der Waals surface area contributed by atoms with E-state index in [0.717, 1.165) is 15.9 Å². The number of esters is 1. The van der Waals surface area contributed by atoms with Gasteiger partial charge in [0.05, 0.1) is 6.61 Å². The number of hydrogen-bond acceptors (Lipinski definition) is 3. The summed E-state index contributed by atoms with van der Waals surface area (Å²) >= 11 is 0. The molecule has 0 fully saturated rings. The van der Waals surface area contributed by atoms with E-state index in [2.05, 4.69) is 0 Å². The summed E-state index contributed by atoms with van der Waals surface area (Å²) in [7, 11) is -2.40. The van der Waals surface area contributed by atoms with E-state index in [-0.39, 0.29) is 12.4 Å². The van der Waals surface area contributed by atoms with Crippen LogP contribution in [0.4, 0.5) is 0 Å². The average Bonchev–Trinajstić information content (AvgIpc) is 2.74. The van der Waals surface area contributed by atoms with Gasteiger partial charge in [0.15, 0.2) is 0 Å². The van der Waals surface area contributed by atoms with Crippen molar-refractivity contribution < 1.29 is 14.6 Å². The van der Waals surface area contributed by atoms with Crippen LogP contribution in [0.25, 0.3) is 0 Å². The number of hydrogen-bond donors (Lipinski definition) is 1. The number of rotatable bonds is 6. The van der Waals surface area contributed by atoms with Crippen molar-refractivity contribution in [1.82, 2.24) is 0 Å². The Morgan fingerprint density at radius 2 is 1.19 bits per heavy atom. The number of carbonyl (C=O) groups is 1. The van der Waals surface area contributed by atoms with Crippen LogP contribution in [-0.4, -0.2) is 17.7 Å². The predicted octanol–water partition coefficient (Wildman–Crippen LogP) is 3.94. The third-order valence-electron chi connectivity index (χ3n) is 4.29. The lowest BCUT2D eigenvalue weighted by Crippen LogP contribution is -2.30. The van der Waals surface area contributed by atoms with Gasteiger partial charge in [-0.05, 0) is 43.3 Å². The van der Waals surface area contributed by atoms with E-state index in [4.69, 9.17) is 4.74 Å². The molecule has 0 amide bonds. The third kappa shape index (κ3) is 3.94. The fourth-order valence-electron chi connectivity index (χ4n) is 3.10. The predicted molar refractivity (Wildman–Crippen MR) is 112 cm³/mol. The summed E-state index contributed by atoms with van der Waals surface area (Å²) in [6.07, 6.45) is 0. The first kappa shape index (κ1) is 18.9. The standard InChI is InChI=1S/C23H21O3P/c1-2-26-23(25)22(24)18-27(19-12-6-3-7-13-19,20-14-8-4-9-15-20)21-16-10-5-11-17-21/h3-18H,2H2,1H3/p+1/b22-18-. The van der Waals surface area contributed by atoms with Crippen LogP contribution in [0, 0.1) is 0 Å². The Hall–Kier alpha value is -2.90. The lowest BCUT2D eigenvalue weighted by Gasteiger charge is -2.24. The molecule has 0 aliphatic carbocycles. The molecule has 0 aromatic heterocycles. The van der Waals surface area contributed by atoms with Crippen LogP contribution < -0.4 is 15.9 Å². The van der Waals surface area contributed by atoms with E-state index in [0.29, 0.717) is 0 Å². The molecule has 1 N–H and O–H groups in total. The fourth-order valence-corrected chi connectivity index (χ4v) is 6.84. The summed E-state index contributed by atoms with van der Waals surface area (Å²) in [6.45, 7) is 1.93. The Morgan fingerprint density at radius 1 is 0.815 bits per heavy atom. The molecular formula is C23H22O3P+. The summed E-state index contributed by atoms with van der Waals surface area (Å²) in [5.74, 6) is 0.636. The minimum atomic E-state index is -2.40. The van der Waals surface area contributed by atoms with Crippen LogP contribution in [0.15, 0.2) is 103 Å². The Morgan fingerprint density at radius 3 is 1.52 bits per heavy atom. The van der Waals surface area contributed by atoms with E-state index in [1.54, 1.807) is 12.7 Å². The number of aliphatic hydroxyl groups is 1. The largest absolute Gasteiger partial charge is 0.499 e. The van der Waals surface area contributed by atoms with E-state index < -0.39 is 13.2 Å². The molecule has 0 saturated carbocycles. The van der Waals surface area contributed by atoms with E-state index in [1.807, 2.05) is 91.0 Å². The molecule has 4 heteroatoms. The highest BCUT2D eigenvalue weighted by Gasteiger charge is 2.45. The summed E-state index contributed by atoms with van der Waals surface area (Å²) in [4.78, 5) is 12.2. The van der Waals surface area contributed by atoms with E-state index in [1.165, 1.54) is 0 Å². The Labute approximate surface area is 160 Å². The van der Waals surface area contributed by atoms with Gasteiger partial charge >= 0.3 is 5.97 Å². The number of benzene rings is 3. The molecule has 0 aliphatic rings. The molecule has 3 nitrogen and oxygen atoms in total. The van der Waals surface area contributed by atoms with Crippen LogP contribution >= 0.6 is 7.26 Å². The van der Waals surface area contributed by atoms with Crippen molar-refractivity contribution in [3.63, 3.8) is 0 Å². The van der Waals surface area contributed by atoms with E-state index in [9.17, 15) is 9.90 Å². The molecule has 0 bridgehead atoms. The van der Waals surface area contributed by atoms with Gasteiger partial charge in [-0.1, -0.05) is 54.6 Å². The maximum Gasteiger partial charge on any atom is 0.376 e. The van der Waals surface area contributed by atoms with Crippen LogP contribution in [0.3, 0.4) is 0 Å². The Balaban J connectivity index is 2.33. The highest BCUT2D eigenvalue weighted by atomic mass is 31.2. The van der Waals surface area contributed by atoms with Crippen molar-refractivity contribution in [3.05, 3.63) is 103 Å². The van der Waals surface area contributed by atoms with Crippen molar-refractivity contribution in [1.29, 1.82) is 0 Å². The second-order valence-corrected chi connectivity index (χ2v) is 9.22.